The molecule has 150 valence electrons. The van der Waals surface area contributed by atoms with Crippen molar-refractivity contribution in [3.05, 3.63) is 65.2 Å². The zero-order chi connectivity index (χ0) is 20.0. The number of allylic oxidation sites excluding steroid dienone is 2. The molecule has 0 spiro atoms. The Labute approximate surface area is 170 Å². The molecule has 3 unspecified atom stereocenters. The van der Waals surface area contributed by atoms with E-state index in [9.17, 15) is 15.0 Å². The number of carbonyl (C=O) groups is 1. The first-order valence-corrected chi connectivity index (χ1v) is 10.5. The molecule has 5 rings (SSSR count). The lowest BCUT2D eigenvalue weighted by molar-refractivity contribution is 0.0725. The molecule has 2 aromatic rings. The predicted molar refractivity (Wildman–Crippen MR) is 112 cm³/mol. The first-order valence-electron chi connectivity index (χ1n) is 10.5. The average molecular weight is 390 g/mol. The first kappa shape index (κ1) is 18.1. The quantitative estimate of drug-likeness (QED) is 0.658. The Morgan fingerprint density at radius 2 is 1.86 bits per heavy atom. The van der Waals surface area contributed by atoms with Gasteiger partial charge in [-0.25, -0.2) is 0 Å². The second kappa shape index (κ2) is 7.14. The maximum absolute atomic E-state index is 13.3. The predicted octanol–water partition coefficient (Wildman–Crippen LogP) is 4.55. The number of fused-ring (bicyclic) bond motifs is 3. The van der Waals surface area contributed by atoms with E-state index in [1.165, 1.54) is 12.5 Å². The maximum Gasteiger partial charge on any atom is 0.255 e. The smallest absolute Gasteiger partial charge is 0.255 e. The number of nitrogens with zero attached hydrogens (tertiary/aromatic N) is 1. The minimum absolute atomic E-state index is 0.0459. The third-order valence-electron chi connectivity index (χ3n) is 6.62. The molecule has 1 amide bonds. The first-order chi connectivity index (χ1) is 14.1. The van der Waals surface area contributed by atoms with Gasteiger partial charge in [-0.05, 0) is 55.4 Å². The van der Waals surface area contributed by atoms with E-state index < -0.39 is 0 Å². The molecule has 0 bridgehead atoms. The highest BCUT2D eigenvalue weighted by Crippen LogP contribution is 2.52. The van der Waals surface area contributed by atoms with Crippen LogP contribution >= 0.6 is 0 Å². The van der Waals surface area contributed by atoms with E-state index >= 15 is 0 Å². The van der Waals surface area contributed by atoms with Gasteiger partial charge < -0.3 is 20.4 Å². The second-order valence-electron chi connectivity index (χ2n) is 8.34. The molecular weight excluding hydrogens is 364 g/mol. The summed E-state index contributed by atoms with van der Waals surface area (Å²) in [6.45, 7) is 1.63. The van der Waals surface area contributed by atoms with E-state index in [4.69, 9.17) is 0 Å². The summed E-state index contributed by atoms with van der Waals surface area (Å²) in [6, 6.07) is 10.6. The van der Waals surface area contributed by atoms with Crippen LogP contribution in [-0.2, 0) is 0 Å². The van der Waals surface area contributed by atoms with Crippen LogP contribution in [0.4, 0.5) is 5.69 Å². The van der Waals surface area contributed by atoms with Crippen LogP contribution in [-0.4, -0.2) is 34.1 Å². The molecule has 0 aromatic heterocycles. The molecule has 5 nitrogen and oxygen atoms in total. The molecule has 1 aliphatic carbocycles. The molecule has 1 saturated heterocycles. The third kappa shape index (κ3) is 3.05. The van der Waals surface area contributed by atoms with Gasteiger partial charge in [0.2, 0.25) is 0 Å². The molecule has 29 heavy (non-hydrogen) atoms. The van der Waals surface area contributed by atoms with Crippen LogP contribution in [0.15, 0.2) is 48.6 Å². The van der Waals surface area contributed by atoms with Gasteiger partial charge in [-0.2, -0.15) is 0 Å². The number of hydrogen-bond acceptors (Lipinski definition) is 4. The highest BCUT2D eigenvalue weighted by molar-refractivity contribution is 6.01. The van der Waals surface area contributed by atoms with Crippen molar-refractivity contribution in [2.75, 3.05) is 18.4 Å². The van der Waals surface area contributed by atoms with Crippen LogP contribution in [0.3, 0.4) is 0 Å². The lowest BCUT2D eigenvalue weighted by atomic mass is 9.76. The summed E-state index contributed by atoms with van der Waals surface area (Å²) in [5.74, 6) is 0.681. The lowest BCUT2D eigenvalue weighted by Crippen LogP contribution is -2.37. The van der Waals surface area contributed by atoms with Crippen LogP contribution in [0.1, 0.15) is 59.1 Å². The monoisotopic (exact) mass is 390 g/mol. The summed E-state index contributed by atoms with van der Waals surface area (Å²) in [4.78, 5) is 15.3. The molecule has 3 atom stereocenters. The minimum atomic E-state index is -0.126. The van der Waals surface area contributed by atoms with Crippen molar-refractivity contribution in [1.82, 2.24) is 4.90 Å². The van der Waals surface area contributed by atoms with Gasteiger partial charge in [0.1, 0.15) is 11.5 Å². The van der Waals surface area contributed by atoms with Gasteiger partial charge in [0.05, 0.1) is 17.3 Å². The number of phenols is 2. The molecule has 2 aliphatic heterocycles. The zero-order valence-corrected chi connectivity index (χ0v) is 16.3. The van der Waals surface area contributed by atoms with E-state index in [0.717, 1.165) is 49.2 Å². The van der Waals surface area contributed by atoms with E-state index in [-0.39, 0.29) is 35.3 Å². The molecular formula is C24H26N2O3. The number of aromatic hydroxyl groups is 2. The Balaban J connectivity index is 1.57. The number of carbonyl (C=O) groups excluding carboxylic acids is 1. The number of para-hydroxylation sites is 1. The highest BCUT2D eigenvalue weighted by atomic mass is 16.3. The third-order valence-corrected chi connectivity index (χ3v) is 6.62. The average Bonchev–Trinajstić information content (AvgIpc) is 3.23. The molecule has 5 heteroatoms. The maximum atomic E-state index is 13.3. The fourth-order valence-electron chi connectivity index (χ4n) is 5.17. The van der Waals surface area contributed by atoms with E-state index in [1.54, 1.807) is 12.1 Å². The number of likely N-dealkylation sites (tertiary alicyclic amines) is 1. The summed E-state index contributed by atoms with van der Waals surface area (Å²) in [7, 11) is 0. The highest BCUT2D eigenvalue weighted by Gasteiger charge is 2.40. The van der Waals surface area contributed by atoms with Crippen LogP contribution in [0.5, 0.6) is 11.5 Å². The zero-order valence-electron chi connectivity index (χ0n) is 16.3. The number of phenolic OH excluding ortho intramolecular Hbond substituents is 2. The molecule has 1 fully saturated rings. The van der Waals surface area contributed by atoms with Gasteiger partial charge in [0.25, 0.3) is 5.91 Å². The molecule has 3 N–H and O–H groups in total. The fourth-order valence-corrected chi connectivity index (χ4v) is 5.17. The van der Waals surface area contributed by atoms with Crippen LogP contribution in [0.25, 0.3) is 0 Å². The Morgan fingerprint density at radius 3 is 2.66 bits per heavy atom. The van der Waals surface area contributed by atoms with Crippen molar-refractivity contribution < 1.29 is 15.0 Å². The SMILES string of the molecule is O=C(c1cccc2c1NC(c1ccc(O)cc1O)C1CC=CC21)N1CCCCC1. The van der Waals surface area contributed by atoms with E-state index in [2.05, 4.69) is 23.5 Å². The van der Waals surface area contributed by atoms with E-state index in [0.29, 0.717) is 5.56 Å². The fraction of sp³-hybridized carbons (Fsp3) is 0.375. The van der Waals surface area contributed by atoms with E-state index in [1.807, 2.05) is 17.0 Å². The van der Waals surface area contributed by atoms with Gasteiger partial charge in [-0.15, -0.1) is 0 Å². The summed E-state index contributed by atoms with van der Waals surface area (Å²) in [5, 5.41) is 23.8. The van der Waals surface area contributed by atoms with Gasteiger partial charge in [0, 0.05) is 30.6 Å². The number of piperidine rings is 1. The van der Waals surface area contributed by atoms with Crippen LogP contribution < -0.4 is 5.32 Å². The Hall–Kier alpha value is -2.95. The number of hydrogen-bond donors (Lipinski definition) is 3. The Morgan fingerprint density at radius 1 is 1.03 bits per heavy atom. The van der Waals surface area contributed by atoms with Crippen LogP contribution in [0, 0.1) is 5.92 Å². The summed E-state index contributed by atoms with van der Waals surface area (Å²) in [6.07, 6.45) is 8.63. The van der Waals surface area contributed by atoms with Crippen molar-refractivity contribution in [3.8, 4) is 11.5 Å². The van der Waals surface area contributed by atoms with Crippen molar-refractivity contribution in [2.45, 2.75) is 37.6 Å². The number of nitrogens with one attached hydrogen (secondary N) is 1. The summed E-state index contributed by atoms with van der Waals surface area (Å²) < 4.78 is 0. The number of benzene rings is 2. The second-order valence-corrected chi connectivity index (χ2v) is 8.34. The molecule has 0 radical (unpaired) electrons. The summed E-state index contributed by atoms with van der Waals surface area (Å²) in [5.41, 5.74) is 3.51. The molecule has 3 aliphatic rings. The number of anilines is 1. The van der Waals surface area contributed by atoms with Gasteiger partial charge in [0.15, 0.2) is 0 Å². The van der Waals surface area contributed by atoms with Crippen LogP contribution in [0.2, 0.25) is 0 Å². The van der Waals surface area contributed by atoms with Crippen molar-refractivity contribution >= 4 is 11.6 Å². The molecule has 2 aromatic carbocycles. The largest absolute Gasteiger partial charge is 0.508 e. The molecule has 2 heterocycles. The Kier molecular flexibility index (Phi) is 4.46. The molecule has 0 saturated carbocycles. The topological polar surface area (TPSA) is 72.8 Å². The Bertz CT molecular complexity index is 978. The van der Waals surface area contributed by atoms with Crippen molar-refractivity contribution in [2.24, 2.45) is 5.92 Å². The van der Waals surface area contributed by atoms with Crippen molar-refractivity contribution in [1.29, 1.82) is 0 Å². The normalized spacial score (nSPS) is 25.2. The van der Waals surface area contributed by atoms with Crippen molar-refractivity contribution in [3.63, 3.8) is 0 Å². The minimum Gasteiger partial charge on any atom is -0.508 e. The van der Waals surface area contributed by atoms with Gasteiger partial charge in [-0.1, -0.05) is 24.3 Å². The summed E-state index contributed by atoms with van der Waals surface area (Å²) >= 11 is 0. The van der Waals surface area contributed by atoms with Gasteiger partial charge in [-0.3, -0.25) is 4.79 Å². The standard InChI is InChI=1S/C24H26N2O3/c27-15-10-11-19(21(28)14-15)22-17-7-4-6-16(17)18-8-5-9-20(23(18)25-22)24(29)26-12-2-1-3-13-26/h4-6,8-11,14,16-17,22,25,27-28H,1-3,7,12-13H2. The lowest BCUT2D eigenvalue weighted by Gasteiger charge is -2.39. The van der Waals surface area contributed by atoms with Gasteiger partial charge >= 0.3 is 0 Å². The number of rotatable bonds is 2. The number of amides is 1.